The molecule has 5 rings (SSSR count). The first-order valence-corrected chi connectivity index (χ1v) is 24.8. The lowest BCUT2D eigenvalue weighted by Gasteiger charge is -2.30. The number of carboxylic acid groups (broad SMARTS) is 1. The summed E-state index contributed by atoms with van der Waals surface area (Å²) in [5.74, 6) is -6.61. The zero-order valence-electron chi connectivity index (χ0n) is 41.8. The Labute approximate surface area is 428 Å². The zero-order chi connectivity index (χ0) is 53.7. The number of aromatic nitrogens is 3. The number of unbranched alkanes of at least 4 members (excludes halogenated alkanes) is 1. The summed E-state index contributed by atoms with van der Waals surface area (Å²) in [5.41, 5.74) is 25.8. The van der Waals surface area contributed by atoms with Crippen molar-refractivity contribution in [1.29, 1.82) is 0 Å². The summed E-state index contributed by atoms with van der Waals surface area (Å²) >= 11 is 0. The molecule has 7 amide bonds. The van der Waals surface area contributed by atoms with Gasteiger partial charge in [0.25, 0.3) is 0 Å². The number of hydrogen-bond donors (Lipinski definition) is 13. The standard InChI is InChI=1S/C50H71N15O9/c1-29(2)42(49(73)74)64-47(71)40-18-11-21-65(40)48(72)37(16-8-9-19-51)60-41(66)27-58-44(68)39(23-31-25-57-35-15-7-6-14-33(31)35)63-45(69)36(17-10-20-56-50(53)54)61-46(70)38(22-30-12-4-3-5-13-30)62-43(67)34(52)24-32-26-55-28-59-32/h3-7,12-15,25-26,28-29,34,36-40,42,57H,8-11,16-24,27,51-52H2,1-2H3,(H,55,59)(H,58,68)(H,60,66)(H,61,70)(H,62,67)(H,63,69)(H,64,71)(H,73,74)(H4,53,54,56)/t34-,36-,37-,38-,39-,40-,42-/m0/s1. The molecule has 1 saturated heterocycles. The molecule has 2 aromatic heterocycles. The molecule has 24 nitrogen and oxygen atoms in total. The molecular weight excluding hydrogens is 955 g/mol. The molecule has 74 heavy (non-hydrogen) atoms. The molecule has 400 valence electrons. The second kappa shape index (κ2) is 28.4. The molecule has 0 saturated carbocycles. The maximum Gasteiger partial charge on any atom is 0.326 e. The van der Waals surface area contributed by atoms with Crippen LogP contribution in [-0.4, -0.2) is 147 Å². The van der Waals surface area contributed by atoms with Crippen molar-refractivity contribution in [3.05, 3.63) is 90.1 Å². The van der Waals surface area contributed by atoms with E-state index in [1.807, 2.05) is 24.3 Å². The van der Waals surface area contributed by atoms with Gasteiger partial charge in [-0.1, -0.05) is 62.4 Å². The molecule has 1 fully saturated rings. The van der Waals surface area contributed by atoms with Crippen LogP contribution in [0.2, 0.25) is 0 Å². The summed E-state index contributed by atoms with van der Waals surface area (Å²) in [7, 11) is 0. The summed E-state index contributed by atoms with van der Waals surface area (Å²) in [5, 5.41) is 26.6. The predicted octanol–water partition coefficient (Wildman–Crippen LogP) is -1.30. The van der Waals surface area contributed by atoms with Crippen molar-refractivity contribution < 1.29 is 43.5 Å². The van der Waals surface area contributed by atoms with Crippen LogP contribution in [0.25, 0.3) is 10.9 Å². The van der Waals surface area contributed by atoms with Gasteiger partial charge in [0, 0.05) is 61.3 Å². The predicted molar refractivity (Wildman–Crippen MR) is 275 cm³/mol. The van der Waals surface area contributed by atoms with Gasteiger partial charge < -0.3 is 74.8 Å². The van der Waals surface area contributed by atoms with E-state index in [1.165, 1.54) is 17.4 Å². The number of para-hydroxylation sites is 1. The minimum Gasteiger partial charge on any atom is -0.480 e. The van der Waals surface area contributed by atoms with E-state index < -0.39 is 102 Å². The third-order valence-corrected chi connectivity index (χ3v) is 12.6. The Kier molecular flexibility index (Phi) is 21.9. The summed E-state index contributed by atoms with van der Waals surface area (Å²) in [6, 6.07) is 8.09. The van der Waals surface area contributed by atoms with Crippen LogP contribution >= 0.6 is 0 Å². The van der Waals surface area contributed by atoms with Crippen LogP contribution in [0.1, 0.15) is 75.6 Å². The zero-order valence-corrected chi connectivity index (χ0v) is 41.8. The van der Waals surface area contributed by atoms with Gasteiger partial charge in [-0.15, -0.1) is 0 Å². The number of aliphatic carboxylic acids is 1. The van der Waals surface area contributed by atoms with Gasteiger partial charge in [0.1, 0.15) is 36.3 Å². The fourth-order valence-corrected chi connectivity index (χ4v) is 8.66. The number of carbonyl (C=O) groups excluding carboxylic acids is 7. The number of nitrogens with one attached hydrogen (secondary N) is 8. The number of fused-ring (bicyclic) bond motifs is 1. The SMILES string of the molecule is CC(C)[C@H](NC(=O)[C@@H]1CCCN1C(=O)[C@H](CCCCN)NC(=O)CNC(=O)[C@H](Cc1c[nH]c2ccccc12)NC(=O)[C@H](CCCN=C(N)N)NC(=O)[C@H](Cc1ccccc1)NC(=O)[C@@H](N)Cc1cnc[nH]1)C(=O)O. The molecule has 24 heteroatoms. The van der Waals surface area contributed by atoms with E-state index in [2.05, 4.69) is 51.8 Å². The topological polar surface area (TPSA) is 393 Å². The average Bonchev–Trinajstić information content (AvgIpc) is 4.17. The van der Waals surface area contributed by atoms with Crippen molar-refractivity contribution in [2.24, 2.45) is 33.8 Å². The highest BCUT2D eigenvalue weighted by Gasteiger charge is 2.39. The number of H-pyrrole nitrogens is 2. The Bertz CT molecular complexity index is 2550. The van der Waals surface area contributed by atoms with Crippen LogP contribution < -0.4 is 54.8 Å². The van der Waals surface area contributed by atoms with Crippen molar-refractivity contribution in [1.82, 2.24) is 51.8 Å². The maximum absolute atomic E-state index is 14.5. The normalized spacial score (nSPS) is 15.7. The molecule has 7 atom stereocenters. The van der Waals surface area contributed by atoms with Gasteiger partial charge in [0.15, 0.2) is 5.96 Å². The number of rotatable bonds is 29. The molecule has 1 aliphatic heterocycles. The van der Waals surface area contributed by atoms with Crippen molar-refractivity contribution in [2.75, 3.05) is 26.2 Å². The first-order valence-electron chi connectivity index (χ1n) is 24.8. The quantitative estimate of drug-likeness (QED) is 0.0171. The molecule has 17 N–H and O–H groups in total. The van der Waals surface area contributed by atoms with Gasteiger partial charge in [-0.05, 0) is 74.6 Å². The molecule has 0 bridgehead atoms. The van der Waals surface area contributed by atoms with E-state index in [4.69, 9.17) is 22.9 Å². The summed E-state index contributed by atoms with van der Waals surface area (Å²) in [6.45, 7) is 3.30. The van der Waals surface area contributed by atoms with E-state index in [-0.39, 0.29) is 57.6 Å². The number of guanidine groups is 1. The van der Waals surface area contributed by atoms with E-state index >= 15 is 0 Å². The maximum atomic E-state index is 14.5. The van der Waals surface area contributed by atoms with Crippen LogP contribution in [0.3, 0.4) is 0 Å². The molecule has 0 aliphatic carbocycles. The lowest BCUT2D eigenvalue weighted by Crippen LogP contribution is -2.59. The smallest absolute Gasteiger partial charge is 0.326 e. The third kappa shape index (κ3) is 17.1. The second-order valence-electron chi connectivity index (χ2n) is 18.7. The number of likely N-dealkylation sites (tertiary alicyclic amines) is 1. The number of amides is 7. The molecular formula is C50H71N15O9. The summed E-state index contributed by atoms with van der Waals surface area (Å²) < 4.78 is 0. The van der Waals surface area contributed by atoms with Gasteiger partial charge in [0.05, 0.1) is 18.9 Å². The Balaban J connectivity index is 1.35. The molecule has 0 radical (unpaired) electrons. The fraction of sp³-hybridized carbons (Fsp3) is 0.480. The molecule has 1 aliphatic rings. The van der Waals surface area contributed by atoms with E-state index in [1.54, 1.807) is 50.4 Å². The molecule has 2 aromatic carbocycles. The number of benzene rings is 2. The van der Waals surface area contributed by atoms with Crippen LogP contribution in [0, 0.1) is 5.92 Å². The van der Waals surface area contributed by atoms with Gasteiger partial charge in [-0.2, -0.15) is 0 Å². The number of nitrogens with two attached hydrogens (primary N) is 4. The van der Waals surface area contributed by atoms with E-state index in [9.17, 15) is 43.5 Å². The molecule has 0 unspecified atom stereocenters. The lowest BCUT2D eigenvalue weighted by molar-refractivity contribution is -0.145. The van der Waals surface area contributed by atoms with Crippen LogP contribution in [-0.2, 0) is 57.6 Å². The Morgan fingerprint density at radius 1 is 0.784 bits per heavy atom. The number of carbonyl (C=O) groups is 8. The summed E-state index contributed by atoms with van der Waals surface area (Å²) in [6.07, 6.45) is 6.83. The fourth-order valence-electron chi connectivity index (χ4n) is 8.66. The number of nitrogens with zero attached hydrogens (tertiary/aromatic N) is 3. The van der Waals surface area contributed by atoms with Gasteiger partial charge in [-0.3, -0.25) is 38.6 Å². The van der Waals surface area contributed by atoms with Crippen molar-refractivity contribution in [3.8, 4) is 0 Å². The van der Waals surface area contributed by atoms with Crippen molar-refractivity contribution in [2.45, 2.75) is 120 Å². The highest BCUT2D eigenvalue weighted by atomic mass is 16.4. The summed E-state index contributed by atoms with van der Waals surface area (Å²) in [4.78, 5) is 125. The molecule has 0 spiro atoms. The Morgan fingerprint density at radius 3 is 2.15 bits per heavy atom. The van der Waals surface area contributed by atoms with Gasteiger partial charge in [-0.25, -0.2) is 9.78 Å². The monoisotopic (exact) mass is 1030 g/mol. The number of imidazole rings is 1. The largest absolute Gasteiger partial charge is 0.480 e. The van der Waals surface area contributed by atoms with Gasteiger partial charge in [0.2, 0.25) is 41.4 Å². The molecule has 3 heterocycles. The highest BCUT2D eigenvalue weighted by molar-refractivity contribution is 5.97. The number of hydrogen-bond acceptors (Lipinski definition) is 12. The van der Waals surface area contributed by atoms with Crippen molar-refractivity contribution >= 4 is 64.2 Å². The average molecular weight is 1030 g/mol. The minimum absolute atomic E-state index is 0.0134. The third-order valence-electron chi connectivity index (χ3n) is 12.6. The first-order chi connectivity index (χ1) is 35.4. The second-order valence-corrected chi connectivity index (χ2v) is 18.7. The van der Waals surface area contributed by atoms with E-state index in [0.29, 0.717) is 49.0 Å². The van der Waals surface area contributed by atoms with Gasteiger partial charge >= 0.3 is 5.97 Å². The van der Waals surface area contributed by atoms with Crippen LogP contribution in [0.15, 0.2) is 78.3 Å². The van der Waals surface area contributed by atoms with Crippen molar-refractivity contribution in [3.63, 3.8) is 0 Å². The first kappa shape index (κ1) is 57.0. The number of carboxylic acids is 1. The Hall–Kier alpha value is -7.86. The lowest BCUT2D eigenvalue weighted by atomic mass is 10.0. The molecule has 4 aromatic rings. The Morgan fingerprint density at radius 2 is 1.46 bits per heavy atom. The number of aliphatic imine (C=N–C) groups is 1. The van der Waals surface area contributed by atoms with Crippen LogP contribution in [0.4, 0.5) is 0 Å². The van der Waals surface area contributed by atoms with E-state index in [0.717, 1.165) is 10.9 Å². The minimum atomic E-state index is -1.33. The highest BCUT2D eigenvalue weighted by Crippen LogP contribution is 2.22. The van der Waals surface area contributed by atoms with Crippen LogP contribution in [0.5, 0.6) is 0 Å². The number of aromatic amines is 2.